The van der Waals surface area contributed by atoms with Gasteiger partial charge in [0.25, 0.3) is 5.91 Å². The molecule has 4 aromatic carbocycles. The molecule has 1 amide bonds. The van der Waals surface area contributed by atoms with E-state index in [-0.39, 0.29) is 5.91 Å². The van der Waals surface area contributed by atoms with Gasteiger partial charge in [0.05, 0.1) is 16.9 Å². The monoisotopic (exact) mass is 457 g/mol. The van der Waals surface area contributed by atoms with Crippen LogP contribution in [0.2, 0.25) is 5.02 Å². The summed E-state index contributed by atoms with van der Waals surface area (Å²) in [5, 5.41) is 0.548. The molecule has 1 heterocycles. The van der Waals surface area contributed by atoms with Gasteiger partial charge in [-0.15, -0.1) is 0 Å². The van der Waals surface area contributed by atoms with Crippen molar-refractivity contribution in [1.82, 2.24) is 0 Å². The number of carbonyl (C=O) groups excluding carboxylic acids is 2. The Kier molecular flexibility index (Phi) is 5.43. The van der Waals surface area contributed by atoms with Crippen LogP contribution in [0.1, 0.15) is 20.7 Å². The number of anilines is 2. The van der Waals surface area contributed by atoms with Crippen LogP contribution >= 0.6 is 23.4 Å². The van der Waals surface area contributed by atoms with Crippen LogP contribution in [-0.2, 0) is 0 Å². The summed E-state index contributed by atoms with van der Waals surface area (Å²) in [5.41, 5.74) is 2.46. The highest BCUT2D eigenvalue weighted by atomic mass is 35.5. The van der Waals surface area contributed by atoms with Gasteiger partial charge in [-0.2, -0.15) is 0 Å². The quantitative estimate of drug-likeness (QED) is 0.245. The van der Waals surface area contributed by atoms with Gasteiger partial charge in [0, 0.05) is 20.4 Å². The summed E-state index contributed by atoms with van der Waals surface area (Å²) >= 11 is 7.76. The molecule has 0 saturated heterocycles. The third kappa shape index (κ3) is 3.88. The molecule has 4 aromatic rings. The maximum Gasteiger partial charge on any atom is 0.343 e. The lowest BCUT2D eigenvalue weighted by Crippen LogP contribution is -2.28. The van der Waals surface area contributed by atoms with Crippen molar-refractivity contribution in [2.75, 3.05) is 4.90 Å². The van der Waals surface area contributed by atoms with E-state index in [2.05, 4.69) is 0 Å². The van der Waals surface area contributed by atoms with Gasteiger partial charge < -0.3 is 4.74 Å². The molecule has 0 N–H and O–H groups in total. The van der Waals surface area contributed by atoms with Crippen molar-refractivity contribution in [1.29, 1.82) is 0 Å². The molecule has 32 heavy (non-hydrogen) atoms. The number of carbonyl (C=O) groups is 2. The van der Waals surface area contributed by atoms with Gasteiger partial charge in [-0.25, -0.2) is 4.79 Å². The summed E-state index contributed by atoms with van der Waals surface area (Å²) in [6.07, 6.45) is 0. The molecule has 1 aliphatic heterocycles. The van der Waals surface area contributed by atoms with Crippen LogP contribution in [0.25, 0.3) is 0 Å². The van der Waals surface area contributed by atoms with Gasteiger partial charge in [-0.05, 0) is 60.7 Å². The van der Waals surface area contributed by atoms with E-state index in [1.165, 1.54) is 11.8 Å². The highest BCUT2D eigenvalue weighted by Gasteiger charge is 2.30. The molecule has 0 spiro atoms. The van der Waals surface area contributed by atoms with E-state index in [4.69, 9.17) is 16.3 Å². The first-order chi connectivity index (χ1) is 15.6. The van der Waals surface area contributed by atoms with Gasteiger partial charge in [0.2, 0.25) is 0 Å². The maximum atomic E-state index is 13.5. The van der Waals surface area contributed by atoms with Crippen molar-refractivity contribution >= 4 is 46.6 Å². The zero-order chi connectivity index (χ0) is 22.1. The number of halogens is 1. The van der Waals surface area contributed by atoms with Crippen molar-refractivity contribution in [2.24, 2.45) is 0 Å². The number of fused-ring (bicyclic) bond motifs is 2. The fourth-order valence-corrected chi connectivity index (χ4v) is 4.73. The number of rotatable bonds is 3. The van der Waals surface area contributed by atoms with E-state index in [1.807, 2.05) is 30.3 Å². The van der Waals surface area contributed by atoms with Crippen LogP contribution < -0.4 is 9.64 Å². The molecule has 4 nitrogen and oxygen atoms in total. The highest BCUT2D eigenvalue weighted by molar-refractivity contribution is 7.99. The average molecular weight is 458 g/mol. The minimum atomic E-state index is -0.434. The SMILES string of the molecule is O=C(Oc1ccc2c(c1)Sc1ccc(Cl)cc1N2C(=O)c1ccccc1)c1ccccc1. The lowest BCUT2D eigenvalue weighted by Gasteiger charge is -2.31. The summed E-state index contributed by atoms with van der Waals surface area (Å²) in [4.78, 5) is 29.3. The van der Waals surface area contributed by atoms with Crippen LogP contribution in [0, 0.1) is 0 Å². The molecule has 0 atom stereocenters. The number of esters is 1. The smallest absolute Gasteiger partial charge is 0.343 e. The van der Waals surface area contributed by atoms with Crippen LogP contribution in [-0.4, -0.2) is 11.9 Å². The molecule has 0 saturated carbocycles. The van der Waals surface area contributed by atoms with Gasteiger partial charge in [-0.1, -0.05) is 59.8 Å². The zero-order valence-electron chi connectivity index (χ0n) is 16.7. The Hall–Kier alpha value is -3.54. The second kappa shape index (κ2) is 8.54. The Morgan fingerprint density at radius 1 is 0.719 bits per heavy atom. The van der Waals surface area contributed by atoms with E-state index in [0.29, 0.717) is 27.6 Å². The number of hydrogen-bond donors (Lipinski definition) is 0. The Balaban J connectivity index is 1.54. The van der Waals surface area contributed by atoms with E-state index in [0.717, 1.165) is 15.5 Å². The third-order valence-electron chi connectivity index (χ3n) is 5.00. The van der Waals surface area contributed by atoms with Crippen LogP contribution in [0.15, 0.2) is 107 Å². The normalized spacial score (nSPS) is 12.0. The highest BCUT2D eigenvalue weighted by Crippen LogP contribution is 2.50. The number of hydrogen-bond acceptors (Lipinski definition) is 4. The van der Waals surface area contributed by atoms with Gasteiger partial charge in [0.1, 0.15) is 5.75 Å². The maximum absolute atomic E-state index is 13.5. The molecule has 0 aromatic heterocycles. The fourth-order valence-electron chi connectivity index (χ4n) is 3.49. The third-order valence-corrected chi connectivity index (χ3v) is 6.34. The molecule has 0 fully saturated rings. The molecule has 1 aliphatic rings. The molecule has 6 heteroatoms. The molecule has 156 valence electrons. The van der Waals surface area contributed by atoms with Crippen molar-refractivity contribution < 1.29 is 14.3 Å². The number of amides is 1. The fraction of sp³-hybridized carbons (Fsp3) is 0. The predicted octanol–water partition coefficient (Wildman–Crippen LogP) is 7.00. The van der Waals surface area contributed by atoms with E-state index in [1.54, 1.807) is 71.6 Å². The lowest BCUT2D eigenvalue weighted by atomic mass is 10.1. The Labute approximate surface area is 194 Å². The summed E-state index contributed by atoms with van der Waals surface area (Å²) in [7, 11) is 0. The molecule has 0 aliphatic carbocycles. The van der Waals surface area contributed by atoms with Gasteiger partial charge >= 0.3 is 5.97 Å². The van der Waals surface area contributed by atoms with Crippen molar-refractivity contribution in [2.45, 2.75) is 9.79 Å². The molecule has 5 rings (SSSR count). The van der Waals surface area contributed by atoms with Gasteiger partial charge in [-0.3, -0.25) is 9.69 Å². The molecule has 0 radical (unpaired) electrons. The van der Waals surface area contributed by atoms with Crippen molar-refractivity contribution in [3.8, 4) is 5.75 Å². The van der Waals surface area contributed by atoms with E-state index in [9.17, 15) is 9.59 Å². The first kappa shape index (κ1) is 20.4. The number of benzene rings is 4. The standard InChI is InChI=1S/C26H16ClNO3S/c27-19-11-14-23-22(15-19)28(25(29)17-7-3-1-4-8-17)21-13-12-20(16-24(21)32-23)31-26(30)18-9-5-2-6-10-18/h1-16H. The van der Waals surface area contributed by atoms with Crippen molar-refractivity contribution in [3.05, 3.63) is 113 Å². The van der Waals surface area contributed by atoms with Crippen LogP contribution in [0.5, 0.6) is 5.75 Å². The summed E-state index contributed by atoms with van der Waals surface area (Å²) in [6, 6.07) is 28.7. The van der Waals surface area contributed by atoms with Crippen molar-refractivity contribution in [3.63, 3.8) is 0 Å². The molecular formula is C26H16ClNO3S. The first-order valence-electron chi connectivity index (χ1n) is 9.88. The van der Waals surface area contributed by atoms with E-state index >= 15 is 0 Å². The zero-order valence-corrected chi connectivity index (χ0v) is 18.3. The Bertz CT molecular complexity index is 1330. The predicted molar refractivity (Wildman–Crippen MR) is 126 cm³/mol. The van der Waals surface area contributed by atoms with E-state index < -0.39 is 5.97 Å². The molecule has 0 bridgehead atoms. The summed E-state index contributed by atoms with van der Waals surface area (Å²) < 4.78 is 5.58. The first-order valence-corrected chi connectivity index (χ1v) is 11.1. The van der Waals surface area contributed by atoms with Crippen LogP contribution in [0.3, 0.4) is 0 Å². The minimum absolute atomic E-state index is 0.162. The second-order valence-electron chi connectivity index (χ2n) is 7.11. The summed E-state index contributed by atoms with van der Waals surface area (Å²) in [5.74, 6) is -0.185. The summed E-state index contributed by atoms with van der Waals surface area (Å²) in [6.45, 7) is 0. The number of nitrogens with zero attached hydrogens (tertiary/aromatic N) is 1. The molecule has 0 unspecified atom stereocenters. The van der Waals surface area contributed by atoms with Gasteiger partial charge in [0.15, 0.2) is 0 Å². The second-order valence-corrected chi connectivity index (χ2v) is 8.63. The largest absolute Gasteiger partial charge is 0.423 e. The number of ether oxygens (including phenoxy) is 1. The topological polar surface area (TPSA) is 46.6 Å². The molecular weight excluding hydrogens is 442 g/mol. The Morgan fingerprint density at radius 3 is 2.12 bits per heavy atom. The lowest BCUT2D eigenvalue weighted by molar-refractivity contribution is 0.0734. The minimum Gasteiger partial charge on any atom is -0.423 e. The average Bonchev–Trinajstić information content (AvgIpc) is 2.83. The Morgan fingerprint density at radius 2 is 1.41 bits per heavy atom. The van der Waals surface area contributed by atoms with Crippen LogP contribution in [0.4, 0.5) is 11.4 Å².